The predicted molar refractivity (Wildman–Crippen MR) is 56.1 cm³/mol. The highest BCUT2D eigenvalue weighted by Crippen LogP contribution is 2.23. The van der Waals surface area contributed by atoms with Crippen LogP contribution >= 0.6 is 0 Å². The van der Waals surface area contributed by atoms with Gasteiger partial charge in [-0.1, -0.05) is 43.7 Å². The topological polar surface area (TPSA) is 9.23 Å². The van der Waals surface area contributed by atoms with Crippen molar-refractivity contribution in [1.29, 1.82) is 0 Å². The normalized spacial score (nSPS) is 15.6. The molecule has 0 spiro atoms. The van der Waals surface area contributed by atoms with E-state index < -0.39 is 0 Å². The summed E-state index contributed by atoms with van der Waals surface area (Å²) >= 11 is 0. The van der Waals surface area contributed by atoms with Crippen molar-refractivity contribution in [3.63, 3.8) is 0 Å². The molecular formula is C12H18O. The summed E-state index contributed by atoms with van der Waals surface area (Å²) in [5.41, 5.74) is 2.75. The minimum absolute atomic E-state index is 0.663. The van der Waals surface area contributed by atoms with E-state index in [9.17, 15) is 0 Å². The summed E-state index contributed by atoms with van der Waals surface area (Å²) in [6.07, 6.45) is 0. The van der Waals surface area contributed by atoms with E-state index >= 15 is 0 Å². The molecule has 0 atom stereocenters. The maximum absolute atomic E-state index is 5.12. The smallest absolute Gasteiger partial charge is 0.0557 e. The van der Waals surface area contributed by atoms with Gasteiger partial charge in [-0.2, -0.15) is 0 Å². The summed E-state index contributed by atoms with van der Waals surface area (Å²) in [4.78, 5) is 0. The lowest BCUT2D eigenvalue weighted by Gasteiger charge is -2.26. The zero-order valence-electron chi connectivity index (χ0n) is 8.71. The summed E-state index contributed by atoms with van der Waals surface area (Å²) < 4.78 is 5.12. The summed E-state index contributed by atoms with van der Waals surface area (Å²) in [5, 5.41) is 0. The molecule has 1 aromatic rings. The molecule has 0 N–H and O–H groups in total. The standard InChI is InChI=1S/C10H12O.C2H6/c1-8-2-4-9(5-3-8)10-6-11-7-10;1-2/h2-5,10H,6-7H2,1H3;1-2H3. The van der Waals surface area contributed by atoms with Crippen molar-refractivity contribution in [3.05, 3.63) is 35.4 Å². The third-order valence-corrected chi connectivity index (χ3v) is 2.19. The summed E-state index contributed by atoms with van der Waals surface area (Å²) in [6.45, 7) is 7.92. The lowest BCUT2D eigenvalue weighted by Crippen LogP contribution is -2.24. The third kappa shape index (κ3) is 2.56. The van der Waals surface area contributed by atoms with Crippen LogP contribution in [0.15, 0.2) is 24.3 Å². The maximum atomic E-state index is 5.12. The summed E-state index contributed by atoms with van der Waals surface area (Å²) in [5.74, 6) is 0.663. The molecule has 0 amide bonds. The average Bonchev–Trinajstić information content (AvgIpc) is 2.09. The van der Waals surface area contributed by atoms with E-state index in [2.05, 4.69) is 31.2 Å². The van der Waals surface area contributed by atoms with Gasteiger partial charge in [-0.3, -0.25) is 0 Å². The van der Waals surface area contributed by atoms with E-state index in [1.165, 1.54) is 11.1 Å². The van der Waals surface area contributed by atoms with Crippen molar-refractivity contribution in [2.24, 2.45) is 0 Å². The van der Waals surface area contributed by atoms with Gasteiger partial charge in [0.25, 0.3) is 0 Å². The molecular weight excluding hydrogens is 160 g/mol. The summed E-state index contributed by atoms with van der Waals surface area (Å²) in [6, 6.07) is 8.71. The molecule has 1 heterocycles. The summed E-state index contributed by atoms with van der Waals surface area (Å²) in [7, 11) is 0. The second kappa shape index (κ2) is 5.03. The van der Waals surface area contributed by atoms with Crippen LogP contribution in [0.3, 0.4) is 0 Å². The molecule has 1 aliphatic heterocycles. The predicted octanol–water partition coefficient (Wildman–Crippen LogP) is 3.14. The number of ether oxygens (including phenoxy) is 1. The van der Waals surface area contributed by atoms with Crippen molar-refractivity contribution in [1.82, 2.24) is 0 Å². The first-order chi connectivity index (χ1) is 6.36. The van der Waals surface area contributed by atoms with Gasteiger partial charge in [0.2, 0.25) is 0 Å². The lowest BCUT2D eigenvalue weighted by molar-refractivity contribution is 0.00842. The Hall–Kier alpha value is -0.820. The van der Waals surface area contributed by atoms with Crippen molar-refractivity contribution < 1.29 is 4.74 Å². The highest BCUT2D eigenvalue weighted by molar-refractivity contribution is 5.25. The van der Waals surface area contributed by atoms with Gasteiger partial charge in [0.1, 0.15) is 0 Å². The number of aryl methyl sites for hydroxylation is 1. The molecule has 2 rings (SSSR count). The number of hydrogen-bond acceptors (Lipinski definition) is 1. The Morgan fingerprint density at radius 3 is 2.00 bits per heavy atom. The van der Waals surface area contributed by atoms with Gasteiger partial charge in [-0.25, -0.2) is 0 Å². The first kappa shape index (κ1) is 10.3. The first-order valence-electron chi connectivity index (χ1n) is 5.00. The van der Waals surface area contributed by atoms with E-state index in [4.69, 9.17) is 4.74 Å². The minimum Gasteiger partial charge on any atom is -0.380 e. The van der Waals surface area contributed by atoms with Crippen LogP contribution in [0.2, 0.25) is 0 Å². The van der Waals surface area contributed by atoms with E-state index in [1.807, 2.05) is 13.8 Å². The van der Waals surface area contributed by atoms with Gasteiger partial charge in [-0.05, 0) is 12.5 Å². The van der Waals surface area contributed by atoms with Crippen molar-refractivity contribution in [2.75, 3.05) is 13.2 Å². The van der Waals surface area contributed by atoms with Crippen LogP contribution in [0.5, 0.6) is 0 Å². The number of hydrogen-bond donors (Lipinski definition) is 0. The van der Waals surface area contributed by atoms with E-state index in [0.717, 1.165) is 13.2 Å². The molecule has 0 saturated carbocycles. The van der Waals surface area contributed by atoms with E-state index in [1.54, 1.807) is 0 Å². The van der Waals surface area contributed by atoms with Gasteiger partial charge in [0.05, 0.1) is 13.2 Å². The van der Waals surface area contributed by atoms with Crippen LogP contribution in [-0.4, -0.2) is 13.2 Å². The Morgan fingerprint density at radius 1 is 1.08 bits per heavy atom. The monoisotopic (exact) mass is 178 g/mol. The lowest BCUT2D eigenvalue weighted by atomic mass is 9.97. The maximum Gasteiger partial charge on any atom is 0.0557 e. The van der Waals surface area contributed by atoms with Crippen molar-refractivity contribution in [2.45, 2.75) is 26.7 Å². The Kier molecular flexibility index (Phi) is 3.97. The number of benzene rings is 1. The van der Waals surface area contributed by atoms with Gasteiger partial charge >= 0.3 is 0 Å². The Balaban J connectivity index is 0.000000396. The average molecular weight is 178 g/mol. The molecule has 0 aromatic heterocycles. The SMILES string of the molecule is CC.Cc1ccc(C2COC2)cc1. The molecule has 1 heteroatoms. The molecule has 1 nitrogen and oxygen atoms in total. The molecule has 72 valence electrons. The first-order valence-corrected chi connectivity index (χ1v) is 5.00. The largest absolute Gasteiger partial charge is 0.380 e. The highest BCUT2D eigenvalue weighted by Gasteiger charge is 2.19. The second-order valence-electron chi connectivity index (χ2n) is 3.15. The van der Waals surface area contributed by atoms with Crippen LogP contribution in [-0.2, 0) is 4.74 Å². The second-order valence-corrected chi connectivity index (χ2v) is 3.15. The van der Waals surface area contributed by atoms with Crippen LogP contribution in [0, 0.1) is 6.92 Å². The van der Waals surface area contributed by atoms with Crippen LogP contribution in [0.1, 0.15) is 30.9 Å². The van der Waals surface area contributed by atoms with Crippen LogP contribution in [0.25, 0.3) is 0 Å². The van der Waals surface area contributed by atoms with Crippen LogP contribution < -0.4 is 0 Å². The Morgan fingerprint density at radius 2 is 1.62 bits per heavy atom. The van der Waals surface area contributed by atoms with Crippen molar-refractivity contribution in [3.8, 4) is 0 Å². The van der Waals surface area contributed by atoms with Gasteiger partial charge in [0.15, 0.2) is 0 Å². The molecule has 0 aliphatic carbocycles. The fourth-order valence-corrected chi connectivity index (χ4v) is 1.27. The van der Waals surface area contributed by atoms with Gasteiger partial charge in [-0.15, -0.1) is 0 Å². The van der Waals surface area contributed by atoms with Gasteiger partial charge < -0.3 is 4.74 Å². The number of rotatable bonds is 1. The van der Waals surface area contributed by atoms with Crippen molar-refractivity contribution >= 4 is 0 Å². The van der Waals surface area contributed by atoms with Gasteiger partial charge in [0, 0.05) is 5.92 Å². The fourth-order valence-electron chi connectivity index (χ4n) is 1.27. The zero-order valence-corrected chi connectivity index (χ0v) is 8.71. The fraction of sp³-hybridized carbons (Fsp3) is 0.500. The molecule has 13 heavy (non-hydrogen) atoms. The quantitative estimate of drug-likeness (QED) is 0.642. The Bertz CT molecular complexity index is 234. The molecule has 0 bridgehead atoms. The molecule has 1 fully saturated rings. The molecule has 0 unspecified atom stereocenters. The zero-order chi connectivity index (χ0) is 9.68. The molecule has 1 aliphatic rings. The minimum atomic E-state index is 0.663. The third-order valence-electron chi connectivity index (χ3n) is 2.19. The molecule has 1 saturated heterocycles. The molecule has 0 radical (unpaired) electrons. The Labute approximate surface area is 80.7 Å². The van der Waals surface area contributed by atoms with E-state index in [0.29, 0.717) is 5.92 Å². The van der Waals surface area contributed by atoms with E-state index in [-0.39, 0.29) is 0 Å². The van der Waals surface area contributed by atoms with Crippen LogP contribution in [0.4, 0.5) is 0 Å². The highest BCUT2D eigenvalue weighted by atomic mass is 16.5. The molecule has 1 aromatic carbocycles.